The highest BCUT2D eigenvalue weighted by Gasteiger charge is 2.19. The van der Waals surface area contributed by atoms with Gasteiger partial charge in [0.2, 0.25) is 15.9 Å². The summed E-state index contributed by atoms with van der Waals surface area (Å²) in [5.74, 6) is -3.16. The summed E-state index contributed by atoms with van der Waals surface area (Å²) in [6, 6.07) is 5.25. The second-order valence-electron chi connectivity index (χ2n) is 5.16. The summed E-state index contributed by atoms with van der Waals surface area (Å²) in [5.41, 5.74) is 4.63. The van der Waals surface area contributed by atoms with Crippen LogP contribution in [-0.4, -0.2) is 31.8 Å². The maximum absolute atomic E-state index is 13.5. The van der Waals surface area contributed by atoms with Gasteiger partial charge in [0, 0.05) is 25.2 Å². The molecule has 1 heterocycles. The van der Waals surface area contributed by atoms with Gasteiger partial charge in [-0.1, -0.05) is 0 Å². The van der Waals surface area contributed by atoms with Gasteiger partial charge in [0.15, 0.2) is 0 Å². The maximum atomic E-state index is 13.5. The zero-order valence-electron chi connectivity index (χ0n) is 13.4. The first-order chi connectivity index (χ1) is 12.3. The SMILES string of the molecule is O=C(CCCNS(=O)(=O)c1ccc(F)cc1F)NNC(=O)c1ccc[nH]1. The van der Waals surface area contributed by atoms with Gasteiger partial charge >= 0.3 is 0 Å². The molecule has 0 aliphatic heterocycles. The molecule has 1 aromatic heterocycles. The molecule has 2 amide bonds. The summed E-state index contributed by atoms with van der Waals surface area (Å²) >= 11 is 0. The van der Waals surface area contributed by atoms with E-state index in [1.807, 2.05) is 0 Å². The third kappa shape index (κ3) is 5.36. The van der Waals surface area contributed by atoms with E-state index in [1.54, 1.807) is 12.3 Å². The number of sulfonamides is 1. The Morgan fingerprint density at radius 1 is 1.12 bits per heavy atom. The quantitative estimate of drug-likeness (QED) is 0.416. The molecule has 0 saturated carbocycles. The monoisotopic (exact) mass is 386 g/mol. The van der Waals surface area contributed by atoms with Crippen LogP contribution in [0.1, 0.15) is 23.3 Å². The number of aromatic amines is 1. The number of hydrogen-bond acceptors (Lipinski definition) is 4. The van der Waals surface area contributed by atoms with Crippen LogP contribution < -0.4 is 15.6 Å². The summed E-state index contributed by atoms with van der Waals surface area (Å²) < 4.78 is 52.3. The van der Waals surface area contributed by atoms with Crippen LogP contribution in [0.25, 0.3) is 0 Å². The van der Waals surface area contributed by atoms with Gasteiger partial charge in [0.25, 0.3) is 5.91 Å². The number of H-pyrrole nitrogens is 1. The minimum absolute atomic E-state index is 0.0839. The van der Waals surface area contributed by atoms with Gasteiger partial charge in [0.05, 0.1) is 0 Å². The number of carbonyl (C=O) groups is 2. The van der Waals surface area contributed by atoms with Crippen LogP contribution in [-0.2, 0) is 14.8 Å². The Morgan fingerprint density at radius 2 is 1.88 bits per heavy atom. The molecule has 2 aromatic rings. The highest BCUT2D eigenvalue weighted by atomic mass is 32.2. The number of aromatic nitrogens is 1. The van der Waals surface area contributed by atoms with Crippen LogP contribution in [0.4, 0.5) is 8.78 Å². The molecule has 0 saturated heterocycles. The van der Waals surface area contributed by atoms with Crippen LogP contribution in [0.3, 0.4) is 0 Å². The minimum atomic E-state index is -4.16. The maximum Gasteiger partial charge on any atom is 0.286 e. The van der Waals surface area contributed by atoms with E-state index in [0.717, 1.165) is 12.1 Å². The number of hydrogen-bond donors (Lipinski definition) is 4. The lowest BCUT2D eigenvalue weighted by Gasteiger charge is -2.08. The zero-order chi connectivity index (χ0) is 19.2. The molecular weight excluding hydrogens is 370 g/mol. The fourth-order valence-corrected chi connectivity index (χ4v) is 3.09. The zero-order valence-corrected chi connectivity index (χ0v) is 14.2. The third-order valence-corrected chi connectivity index (χ3v) is 4.71. The van der Waals surface area contributed by atoms with Gasteiger partial charge < -0.3 is 4.98 Å². The molecule has 0 aliphatic rings. The van der Waals surface area contributed by atoms with E-state index in [4.69, 9.17) is 0 Å². The van der Waals surface area contributed by atoms with Crippen molar-refractivity contribution in [1.82, 2.24) is 20.6 Å². The Labute approximate surface area is 148 Å². The van der Waals surface area contributed by atoms with Gasteiger partial charge in [-0.3, -0.25) is 20.4 Å². The summed E-state index contributed by atoms with van der Waals surface area (Å²) in [6.07, 6.45) is 1.57. The van der Waals surface area contributed by atoms with Crippen molar-refractivity contribution in [2.75, 3.05) is 6.54 Å². The predicted octanol–water partition coefficient (Wildman–Crippen LogP) is 0.813. The van der Waals surface area contributed by atoms with Crippen LogP contribution in [0.15, 0.2) is 41.4 Å². The number of rotatable bonds is 7. The van der Waals surface area contributed by atoms with Crippen molar-refractivity contribution in [2.45, 2.75) is 17.7 Å². The van der Waals surface area contributed by atoms with E-state index in [-0.39, 0.29) is 25.1 Å². The Hall–Kier alpha value is -2.79. The van der Waals surface area contributed by atoms with Crippen molar-refractivity contribution < 1.29 is 26.8 Å². The molecule has 1 aromatic carbocycles. The van der Waals surface area contributed by atoms with Crippen molar-refractivity contribution in [1.29, 1.82) is 0 Å². The lowest BCUT2D eigenvalue weighted by Crippen LogP contribution is -2.41. The van der Waals surface area contributed by atoms with Crippen molar-refractivity contribution in [3.63, 3.8) is 0 Å². The molecule has 0 unspecified atom stereocenters. The largest absolute Gasteiger partial charge is 0.357 e. The van der Waals surface area contributed by atoms with Crippen LogP contribution in [0.2, 0.25) is 0 Å². The lowest BCUT2D eigenvalue weighted by molar-refractivity contribution is -0.121. The average Bonchev–Trinajstić information content (AvgIpc) is 3.11. The van der Waals surface area contributed by atoms with E-state index < -0.39 is 38.4 Å². The summed E-state index contributed by atoms with van der Waals surface area (Å²) in [5, 5.41) is 0. The number of carbonyl (C=O) groups excluding carboxylic acids is 2. The van der Waals surface area contributed by atoms with E-state index in [9.17, 15) is 26.8 Å². The normalized spacial score (nSPS) is 11.2. The van der Waals surface area contributed by atoms with Gasteiger partial charge in [-0.25, -0.2) is 21.9 Å². The van der Waals surface area contributed by atoms with Crippen molar-refractivity contribution in [3.05, 3.63) is 53.9 Å². The van der Waals surface area contributed by atoms with Gasteiger partial charge in [-0.15, -0.1) is 0 Å². The molecule has 0 aliphatic carbocycles. The molecule has 2 rings (SSSR count). The second kappa shape index (κ2) is 8.54. The van der Waals surface area contributed by atoms with Crippen LogP contribution in [0.5, 0.6) is 0 Å². The van der Waals surface area contributed by atoms with Crippen molar-refractivity contribution in [2.24, 2.45) is 0 Å². The topological polar surface area (TPSA) is 120 Å². The molecule has 0 radical (unpaired) electrons. The molecular formula is C15H16F2N4O4S. The first-order valence-corrected chi connectivity index (χ1v) is 8.95. The molecule has 0 atom stereocenters. The molecule has 11 heteroatoms. The number of nitrogens with one attached hydrogen (secondary N) is 4. The molecule has 8 nitrogen and oxygen atoms in total. The van der Waals surface area contributed by atoms with E-state index in [1.165, 1.54) is 6.07 Å². The number of hydrazine groups is 1. The highest BCUT2D eigenvalue weighted by Crippen LogP contribution is 2.15. The molecule has 140 valence electrons. The van der Waals surface area contributed by atoms with E-state index in [2.05, 4.69) is 20.6 Å². The standard InChI is InChI=1S/C15H16F2N4O4S/c16-10-5-6-13(11(17)9-10)26(24,25)19-8-2-4-14(22)20-21-15(23)12-3-1-7-18-12/h1,3,5-7,9,18-19H,2,4,8H2,(H,20,22)(H,21,23). The van der Waals surface area contributed by atoms with E-state index >= 15 is 0 Å². The van der Waals surface area contributed by atoms with Crippen LogP contribution >= 0.6 is 0 Å². The van der Waals surface area contributed by atoms with Gasteiger partial charge in [0.1, 0.15) is 22.2 Å². The first kappa shape index (κ1) is 19.5. The molecule has 26 heavy (non-hydrogen) atoms. The summed E-state index contributed by atoms with van der Waals surface area (Å²) in [7, 11) is -4.16. The second-order valence-corrected chi connectivity index (χ2v) is 6.90. The smallest absolute Gasteiger partial charge is 0.286 e. The Kier molecular flexibility index (Phi) is 6.41. The Balaban J connectivity index is 1.73. The highest BCUT2D eigenvalue weighted by molar-refractivity contribution is 7.89. The lowest BCUT2D eigenvalue weighted by atomic mass is 10.3. The fourth-order valence-electron chi connectivity index (χ4n) is 1.95. The van der Waals surface area contributed by atoms with E-state index in [0.29, 0.717) is 6.07 Å². The molecule has 0 spiro atoms. The Morgan fingerprint density at radius 3 is 2.54 bits per heavy atom. The summed E-state index contributed by atoms with van der Waals surface area (Å²) in [6.45, 7) is -0.142. The number of amides is 2. The molecule has 0 bridgehead atoms. The molecule has 0 fully saturated rings. The fraction of sp³-hybridized carbons (Fsp3) is 0.200. The van der Waals surface area contributed by atoms with Gasteiger partial charge in [-0.2, -0.15) is 0 Å². The Bertz CT molecular complexity index is 885. The predicted molar refractivity (Wildman–Crippen MR) is 87.2 cm³/mol. The van der Waals surface area contributed by atoms with Crippen LogP contribution in [0, 0.1) is 11.6 Å². The van der Waals surface area contributed by atoms with Gasteiger partial charge in [-0.05, 0) is 30.7 Å². The summed E-state index contributed by atoms with van der Waals surface area (Å²) in [4.78, 5) is 25.1. The third-order valence-electron chi connectivity index (χ3n) is 3.21. The average molecular weight is 386 g/mol. The number of halogens is 2. The molecule has 4 N–H and O–H groups in total. The first-order valence-electron chi connectivity index (χ1n) is 7.47. The van der Waals surface area contributed by atoms with Crippen molar-refractivity contribution in [3.8, 4) is 0 Å². The number of benzene rings is 1. The minimum Gasteiger partial charge on any atom is -0.357 e. The van der Waals surface area contributed by atoms with Crippen molar-refractivity contribution >= 4 is 21.8 Å².